The number of benzene rings is 1. The predicted octanol–water partition coefficient (Wildman–Crippen LogP) is 2.72. The molecule has 0 unspecified atom stereocenters. The molecule has 2 aromatic heterocycles. The lowest BCUT2D eigenvalue weighted by molar-refractivity contribution is 0.335. The van der Waals surface area contributed by atoms with Gasteiger partial charge < -0.3 is 15.6 Å². The first-order valence-electron chi connectivity index (χ1n) is 8.17. The molecule has 0 fully saturated rings. The Morgan fingerprint density at radius 1 is 1.12 bits per heavy atom. The summed E-state index contributed by atoms with van der Waals surface area (Å²) in [6.07, 6.45) is 7.38. The fourth-order valence-electron chi connectivity index (χ4n) is 3.00. The second-order valence-corrected chi connectivity index (χ2v) is 6.26. The van der Waals surface area contributed by atoms with Crippen molar-refractivity contribution in [2.45, 2.75) is 20.4 Å². The summed E-state index contributed by atoms with van der Waals surface area (Å²) in [5.74, 6) is 0.434. The second kappa shape index (κ2) is 5.98. The van der Waals surface area contributed by atoms with Crippen molar-refractivity contribution in [2.24, 2.45) is 10.7 Å². The van der Waals surface area contributed by atoms with Crippen LogP contribution < -0.4 is 11.2 Å². The number of aromatic nitrogens is 2. The van der Waals surface area contributed by atoms with Gasteiger partial charge in [0.05, 0.1) is 18.4 Å². The van der Waals surface area contributed by atoms with Crippen molar-refractivity contribution in [3.8, 4) is 11.1 Å². The number of aryl methyl sites for hydroxylation is 2. The number of rotatable bonds is 3. The minimum Gasteiger partial charge on any atom is -0.368 e. The molecule has 126 valence electrons. The Bertz CT molecular complexity index is 981. The third-order valence-electron chi connectivity index (χ3n) is 4.29. The van der Waals surface area contributed by atoms with Crippen LogP contribution >= 0.6 is 0 Å². The van der Waals surface area contributed by atoms with Crippen LogP contribution in [0.2, 0.25) is 0 Å². The van der Waals surface area contributed by atoms with Crippen molar-refractivity contribution >= 4 is 11.6 Å². The van der Waals surface area contributed by atoms with E-state index >= 15 is 0 Å². The zero-order chi connectivity index (χ0) is 17.4. The van der Waals surface area contributed by atoms with Gasteiger partial charge >= 0.3 is 0 Å². The van der Waals surface area contributed by atoms with E-state index in [2.05, 4.69) is 70.2 Å². The number of pyridine rings is 1. The molecule has 0 bridgehead atoms. The average Bonchev–Trinajstić information content (AvgIpc) is 3.00. The van der Waals surface area contributed by atoms with E-state index in [1.54, 1.807) is 17.4 Å². The van der Waals surface area contributed by atoms with Gasteiger partial charge in [-0.2, -0.15) is 0 Å². The maximum absolute atomic E-state index is 5.94. The quantitative estimate of drug-likeness (QED) is 0.774. The number of aliphatic imine (C=N–C) groups is 1. The van der Waals surface area contributed by atoms with E-state index in [1.165, 1.54) is 11.1 Å². The molecule has 6 heteroatoms. The topological polar surface area (TPSA) is 71.0 Å². The summed E-state index contributed by atoms with van der Waals surface area (Å²) in [7, 11) is 0. The van der Waals surface area contributed by atoms with Gasteiger partial charge in [0.1, 0.15) is 5.65 Å². The Hall–Kier alpha value is -3.28. The normalized spacial score (nSPS) is 13.8. The van der Waals surface area contributed by atoms with Crippen LogP contribution in [0.15, 0.2) is 60.1 Å². The highest BCUT2D eigenvalue weighted by molar-refractivity contribution is 5.80. The van der Waals surface area contributed by atoms with Gasteiger partial charge in [-0.3, -0.25) is 5.01 Å². The number of hydrogen-bond donors (Lipinski definition) is 2. The van der Waals surface area contributed by atoms with Gasteiger partial charge in [-0.25, -0.2) is 9.98 Å². The molecular weight excluding hydrogens is 312 g/mol. The molecule has 3 N–H and O–H groups in total. The Kier molecular flexibility index (Phi) is 3.65. The maximum Gasteiger partial charge on any atom is 0.215 e. The summed E-state index contributed by atoms with van der Waals surface area (Å²) in [5, 5.41) is 1.79. The summed E-state index contributed by atoms with van der Waals surface area (Å²) in [6, 6.07) is 10.7. The first-order chi connectivity index (χ1) is 12.1. The minimum absolute atomic E-state index is 0.434. The van der Waals surface area contributed by atoms with Crippen LogP contribution in [0.1, 0.15) is 16.8 Å². The second-order valence-electron chi connectivity index (χ2n) is 6.26. The fraction of sp³-hybridized carbons (Fsp3) is 0.158. The van der Waals surface area contributed by atoms with Crippen LogP contribution in [-0.2, 0) is 6.54 Å². The van der Waals surface area contributed by atoms with Crippen LogP contribution in [0.25, 0.3) is 16.8 Å². The molecule has 1 aromatic carbocycles. The lowest BCUT2D eigenvalue weighted by atomic mass is 10.0. The molecule has 0 saturated heterocycles. The van der Waals surface area contributed by atoms with Gasteiger partial charge in [-0.05, 0) is 31.0 Å². The Morgan fingerprint density at radius 2 is 1.92 bits per heavy atom. The zero-order valence-electron chi connectivity index (χ0n) is 14.3. The third kappa shape index (κ3) is 2.82. The molecule has 1 aliphatic heterocycles. The SMILES string of the molecule is Cc1ccc(-c2cc(C)cn3c(CN4NC=CN=C4N)cnc23)cc1. The average molecular weight is 332 g/mol. The molecule has 4 rings (SSSR count). The van der Waals surface area contributed by atoms with Crippen molar-refractivity contribution in [1.82, 2.24) is 19.8 Å². The molecular formula is C19H20N6. The number of imidazole rings is 1. The molecule has 6 nitrogen and oxygen atoms in total. The molecule has 3 heterocycles. The minimum atomic E-state index is 0.434. The molecule has 0 amide bonds. The van der Waals surface area contributed by atoms with E-state index in [4.69, 9.17) is 5.73 Å². The number of nitrogens with two attached hydrogens (primary N) is 1. The number of nitrogens with zero attached hydrogens (tertiary/aromatic N) is 4. The number of guanidine groups is 1. The van der Waals surface area contributed by atoms with Gasteiger partial charge in [0, 0.05) is 24.2 Å². The molecule has 25 heavy (non-hydrogen) atoms. The first kappa shape index (κ1) is 15.3. The van der Waals surface area contributed by atoms with Crippen molar-refractivity contribution in [3.63, 3.8) is 0 Å². The van der Waals surface area contributed by atoms with Crippen molar-refractivity contribution < 1.29 is 0 Å². The third-order valence-corrected chi connectivity index (χ3v) is 4.29. The number of hydrazine groups is 1. The molecule has 0 spiro atoms. The zero-order valence-corrected chi connectivity index (χ0v) is 14.3. The summed E-state index contributed by atoms with van der Waals surface area (Å²) in [6.45, 7) is 4.76. The largest absolute Gasteiger partial charge is 0.368 e. The predicted molar refractivity (Wildman–Crippen MR) is 99.5 cm³/mol. The van der Waals surface area contributed by atoms with Crippen LogP contribution in [-0.4, -0.2) is 20.4 Å². The highest BCUT2D eigenvalue weighted by Crippen LogP contribution is 2.26. The van der Waals surface area contributed by atoms with Crippen LogP contribution in [0.5, 0.6) is 0 Å². The lowest BCUT2D eigenvalue weighted by Gasteiger charge is -2.24. The lowest BCUT2D eigenvalue weighted by Crippen LogP contribution is -2.45. The molecule has 0 saturated carbocycles. The Balaban J connectivity index is 1.77. The van der Waals surface area contributed by atoms with E-state index in [1.807, 2.05) is 6.20 Å². The summed E-state index contributed by atoms with van der Waals surface area (Å²) in [4.78, 5) is 8.77. The van der Waals surface area contributed by atoms with Crippen molar-refractivity contribution in [1.29, 1.82) is 0 Å². The van der Waals surface area contributed by atoms with Gasteiger partial charge in [-0.1, -0.05) is 29.8 Å². The molecule has 3 aromatic rings. The van der Waals surface area contributed by atoms with Crippen molar-refractivity contribution in [3.05, 3.63) is 71.9 Å². The molecule has 0 atom stereocenters. The first-order valence-corrected chi connectivity index (χ1v) is 8.17. The summed E-state index contributed by atoms with van der Waals surface area (Å²) in [5.41, 5.74) is 15.7. The molecule has 0 aliphatic carbocycles. The van der Waals surface area contributed by atoms with Gasteiger partial charge in [-0.15, -0.1) is 0 Å². The van der Waals surface area contributed by atoms with Gasteiger partial charge in [0.2, 0.25) is 5.96 Å². The van der Waals surface area contributed by atoms with Gasteiger partial charge in [0.25, 0.3) is 0 Å². The van der Waals surface area contributed by atoms with Crippen LogP contribution in [0, 0.1) is 13.8 Å². The van der Waals surface area contributed by atoms with Gasteiger partial charge in [0.15, 0.2) is 0 Å². The maximum atomic E-state index is 5.94. The highest BCUT2D eigenvalue weighted by Gasteiger charge is 2.15. The van der Waals surface area contributed by atoms with Crippen LogP contribution in [0.3, 0.4) is 0 Å². The van der Waals surface area contributed by atoms with E-state index in [0.717, 1.165) is 22.5 Å². The monoisotopic (exact) mass is 332 g/mol. The van der Waals surface area contributed by atoms with Crippen LogP contribution in [0.4, 0.5) is 0 Å². The Morgan fingerprint density at radius 3 is 2.68 bits per heavy atom. The molecule has 1 aliphatic rings. The number of nitrogens with one attached hydrogen (secondary N) is 1. The van der Waals surface area contributed by atoms with E-state index in [0.29, 0.717) is 12.5 Å². The van der Waals surface area contributed by atoms with Crippen molar-refractivity contribution in [2.75, 3.05) is 0 Å². The van der Waals surface area contributed by atoms with E-state index in [-0.39, 0.29) is 0 Å². The fourth-order valence-corrected chi connectivity index (χ4v) is 3.00. The summed E-state index contributed by atoms with van der Waals surface area (Å²) < 4.78 is 2.12. The smallest absolute Gasteiger partial charge is 0.215 e. The number of hydrogen-bond acceptors (Lipinski definition) is 5. The van der Waals surface area contributed by atoms with E-state index in [9.17, 15) is 0 Å². The standard InChI is InChI=1S/C19H20N6/c1-13-3-5-15(6-4-13)17-9-14(2)11-24-16(10-22-18(17)24)12-25-19(20)21-7-8-23-25/h3-11,23H,12H2,1-2H3,(H2,20,21). The highest BCUT2D eigenvalue weighted by atomic mass is 15.6. The number of fused-ring (bicyclic) bond motifs is 1. The summed E-state index contributed by atoms with van der Waals surface area (Å²) >= 11 is 0. The Labute approximate surface area is 146 Å². The molecule has 0 radical (unpaired) electrons. The van der Waals surface area contributed by atoms with E-state index < -0.39 is 0 Å².